The third-order valence-electron chi connectivity index (χ3n) is 3.50. The molecule has 5 nitrogen and oxygen atoms in total. The number of benzene rings is 1. The summed E-state index contributed by atoms with van der Waals surface area (Å²) in [5.41, 5.74) is 1.83. The number of nitrogens with one attached hydrogen (secondary N) is 1. The summed E-state index contributed by atoms with van der Waals surface area (Å²) >= 11 is 1.46. The van der Waals surface area contributed by atoms with E-state index >= 15 is 0 Å². The number of ether oxygens (including phenoxy) is 1. The molecule has 0 aliphatic heterocycles. The van der Waals surface area contributed by atoms with Gasteiger partial charge in [0.05, 0.1) is 13.0 Å². The van der Waals surface area contributed by atoms with Crippen LogP contribution in [0.4, 0.5) is 0 Å². The van der Waals surface area contributed by atoms with Gasteiger partial charge in [-0.1, -0.05) is 55.4 Å². The maximum absolute atomic E-state index is 12.2. The third kappa shape index (κ3) is 5.53. The molecule has 0 fully saturated rings. The number of unbranched alkanes of at least 4 members (excludes halogenated alkanes) is 1. The van der Waals surface area contributed by atoms with E-state index < -0.39 is 0 Å². The number of hydrogen-bond donors (Lipinski definition) is 1. The Labute approximate surface area is 145 Å². The standard InChI is InChI=1S/C18H22N2O3S/c1-3-4-10-23-16(21)11-15-13(2)19-18(20-17(15)22)24-12-14-8-6-5-7-9-14/h5-9H,3-4,10-12H2,1-2H3,(H,19,20,22). The van der Waals surface area contributed by atoms with Crippen molar-refractivity contribution in [3.8, 4) is 0 Å². The summed E-state index contributed by atoms with van der Waals surface area (Å²) in [7, 11) is 0. The van der Waals surface area contributed by atoms with Crippen LogP contribution in [-0.2, 0) is 21.7 Å². The molecule has 0 spiro atoms. The van der Waals surface area contributed by atoms with Gasteiger partial charge in [-0.3, -0.25) is 9.59 Å². The second-order valence-electron chi connectivity index (χ2n) is 5.46. The molecule has 0 aliphatic carbocycles. The van der Waals surface area contributed by atoms with E-state index in [2.05, 4.69) is 9.97 Å². The smallest absolute Gasteiger partial charge is 0.310 e. The molecular formula is C18H22N2O3S. The molecule has 6 heteroatoms. The molecule has 0 radical (unpaired) electrons. The molecule has 1 aromatic heterocycles. The number of H-pyrrole nitrogens is 1. The van der Waals surface area contributed by atoms with Crippen molar-refractivity contribution in [1.29, 1.82) is 0 Å². The fraction of sp³-hybridized carbons (Fsp3) is 0.389. The van der Waals surface area contributed by atoms with E-state index in [0.717, 1.165) is 24.2 Å². The topological polar surface area (TPSA) is 72.0 Å². The summed E-state index contributed by atoms with van der Waals surface area (Å²) in [5, 5.41) is 0.560. The van der Waals surface area contributed by atoms with Crippen molar-refractivity contribution in [2.24, 2.45) is 0 Å². The summed E-state index contributed by atoms with van der Waals surface area (Å²) in [6.07, 6.45) is 1.75. The zero-order valence-electron chi connectivity index (χ0n) is 14.0. The van der Waals surface area contributed by atoms with Gasteiger partial charge in [0, 0.05) is 17.0 Å². The SMILES string of the molecule is CCCCOC(=O)Cc1c(C)nc(SCc2ccccc2)[nH]c1=O. The van der Waals surface area contributed by atoms with E-state index in [4.69, 9.17) is 4.74 Å². The van der Waals surface area contributed by atoms with Gasteiger partial charge in [-0.05, 0) is 18.9 Å². The Hall–Kier alpha value is -2.08. The predicted octanol–water partition coefficient (Wildman–Crippen LogP) is 3.26. The van der Waals surface area contributed by atoms with Gasteiger partial charge < -0.3 is 9.72 Å². The van der Waals surface area contributed by atoms with Crippen LogP contribution in [0.3, 0.4) is 0 Å². The van der Waals surface area contributed by atoms with Crippen molar-refractivity contribution in [1.82, 2.24) is 9.97 Å². The van der Waals surface area contributed by atoms with Crippen LogP contribution in [0, 0.1) is 6.92 Å². The second-order valence-corrected chi connectivity index (χ2v) is 6.42. The molecule has 0 saturated heterocycles. The van der Waals surface area contributed by atoms with Gasteiger partial charge >= 0.3 is 5.97 Å². The van der Waals surface area contributed by atoms with Gasteiger partial charge in [0.25, 0.3) is 5.56 Å². The molecule has 0 amide bonds. The van der Waals surface area contributed by atoms with Crippen molar-refractivity contribution >= 4 is 17.7 Å². The number of aryl methyl sites for hydroxylation is 1. The van der Waals surface area contributed by atoms with Crippen LogP contribution in [0.1, 0.15) is 36.6 Å². The molecule has 0 saturated carbocycles. The zero-order valence-corrected chi connectivity index (χ0v) is 14.8. The average molecular weight is 346 g/mol. The highest BCUT2D eigenvalue weighted by atomic mass is 32.2. The number of rotatable bonds is 8. The number of aromatic amines is 1. The van der Waals surface area contributed by atoms with Crippen molar-refractivity contribution in [2.75, 3.05) is 6.61 Å². The number of carbonyl (C=O) groups excluding carboxylic acids is 1. The van der Waals surface area contributed by atoms with Gasteiger partial charge in [0.2, 0.25) is 0 Å². The first-order valence-electron chi connectivity index (χ1n) is 8.02. The number of thioether (sulfide) groups is 1. The number of hydrogen-bond acceptors (Lipinski definition) is 5. The Kier molecular flexibility index (Phi) is 7.06. The maximum Gasteiger partial charge on any atom is 0.310 e. The van der Waals surface area contributed by atoms with E-state index in [9.17, 15) is 9.59 Å². The Morgan fingerprint density at radius 2 is 2.04 bits per heavy atom. The maximum atomic E-state index is 12.2. The molecular weight excluding hydrogens is 324 g/mol. The Balaban J connectivity index is 2.00. The Bertz CT molecular complexity index is 729. The van der Waals surface area contributed by atoms with Crippen LogP contribution in [0.2, 0.25) is 0 Å². The highest BCUT2D eigenvalue weighted by Gasteiger charge is 2.14. The van der Waals surface area contributed by atoms with Gasteiger partial charge in [-0.2, -0.15) is 0 Å². The minimum atomic E-state index is -0.386. The van der Waals surface area contributed by atoms with Gasteiger partial charge in [-0.15, -0.1) is 0 Å². The molecule has 24 heavy (non-hydrogen) atoms. The highest BCUT2D eigenvalue weighted by Crippen LogP contribution is 2.18. The molecule has 2 rings (SSSR count). The number of aromatic nitrogens is 2. The van der Waals surface area contributed by atoms with Crippen molar-refractivity contribution in [3.63, 3.8) is 0 Å². The van der Waals surface area contributed by atoms with Gasteiger partial charge in [0.15, 0.2) is 5.16 Å². The summed E-state index contributed by atoms with van der Waals surface area (Å²) in [5.74, 6) is 0.338. The molecule has 0 aliphatic rings. The predicted molar refractivity (Wildman–Crippen MR) is 95.2 cm³/mol. The van der Waals surface area contributed by atoms with Crippen LogP contribution in [0.25, 0.3) is 0 Å². The Morgan fingerprint density at radius 1 is 1.29 bits per heavy atom. The summed E-state index contributed by atoms with van der Waals surface area (Å²) in [6.45, 7) is 4.17. The minimum absolute atomic E-state index is 0.0402. The number of esters is 1. The molecule has 1 aromatic carbocycles. The second kappa shape index (κ2) is 9.27. The summed E-state index contributed by atoms with van der Waals surface area (Å²) in [6, 6.07) is 9.97. The normalized spacial score (nSPS) is 10.6. The van der Waals surface area contributed by atoms with E-state index in [1.54, 1.807) is 6.92 Å². The van der Waals surface area contributed by atoms with Crippen molar-refractivity contribution in [3.05, 3.63) is 57.5 Å². The number of carbonyl (C=O) groups is 1. The van der Waals surface area contributed by atoms with Crippen LogP contribution in [0.15, 0.2) is 40.3 Å². The van der Waals surface area contributed by atoms with E-state index in [1.165, 1.54) is 11.8 Å². The lowest BCUT2D eigenvalue weighted by molar-refractivity contribution is -0.142. The fourth-order valence-corrected chi connectivity index (χ4v) is 2.97. The zero-order chi connectivity index (χ0) is 17.4. The van der Waals surface area contributed by atoms with Crippen LogP contribution in [-0.4, -0.2) is 22.5 Å². The van der Waals surface area contributed by atoms with Crippen molar-refractivity contribution in [2.45, 2.75) is 44.0 Å². The molecule has 128 valence electrons. The van der Waals surface area contributed by atoms with E-state index in [0.29, 0.717) is 23.0 Å². The fourth-order valence-electron chi connectivity index (χ4n) is 2.11. The van der Waals surface area contributed by atoms with Crippen molar-refractivity contribution < 1.29 is 9.53 Å². The Morgan fingerprint density at radius 3 is 2.71 bits per heavy atom. The average Bonchev–Trinajstić information content (AvgIpc) is 2.57. The van der Waals surface area contributed by atoms with E-state index in [-0.39, 0.29) is 17.9 Å². The summed E-state index contributed by atoms with van der Waals surface area (Å²) < 4.78 is 5.11. The highest BCUT2D eigenvalue weighted by molar-refractivity contribution is 7.98. The minimum Gasteiger partial charge on any atom is -0.465 e. The largest absolute Gasteiger partial charge is 0.465 e. The van der Waals surface area contributed by atoms with Gasteiger partial charge in [0.1, 0.15) is 0 Å². The lowest BCUT2D eigenvalue weighted by Crippen LogP contribution is -2.21. The molecule has 0 bridgehead atoms. The molecule has 0 atom stereocenters. The van der Waals surface area contributed by atoms with Crippen LogP contribution < -0.4 is 5.56 Å². The molecule has 2 aromatic rings. The first kappa shape index (κ1) is 18.3. The van der Waals surface area contributed by atoms with Crippen LogP contribution >= 0.6 is 11.8 Å². The van der Waals surface area contributed by atoms with Crippen LogP contribution in [0.5, 0.6) is 0 Å². The third-order valence-corrected chi connectivity index (χ3v) is 4.45. The number of nitrogens with zero attached hydrogens (tertiary/aromatic N) is 1. The molecule has 1 heterocycles. The lowest BCUT2D eigenvalue weighted by atomic mass is 10.2. The first-order valence-corrected chi connectivity index (χ1v) is 9.01. The monoisotopic (exact) mass is 346 g/mol. The lowest BCUT2D eigenvalue weighted by Gasteiger charge is -2.07. The first-order chi connectivity index (χ1) is 11.6. The summed E-state index contributed by atoms with van der Waals surface area (Å²) in [4.78, 5) is 31.1. The molecule has 1 N–H and O–H groups in total. The van der Waals surface area contributed by atoms with E-state index in [1.807, 2.05) is 37.3 Å². The van der Waals surface area contributed by atoms with Gasteiger partial charge in [-0.25, -0.2) is 4.98 Å². The molecule has 0 unspecified atom stereocenters. The quantitative estimate of drug-likeness (QED) is 0.344.